The third kappa shape index (κ3) is 5.03. The number of hydrogen-bond donors (Lipinski definition) is 1. The quantitative estimate of drug-likeness (QED) is 0.864. The minimum Gasteiger partial charge on any atom is -0.366 e. The van der Waals surface area contributed by atoms with Crippen molar-refractivity contribution < 1.29 is 14.0 Å². The molecule has 2 fully saturated rings. The van der Waals surface area contributed by atoms with Gasteiger partial charge in [-0.3, -0.25) is 9.59 Å². The Hall–Kier alpha value is -2.11. The molecule has 1 aromatic rings. The molecule has 0 radical (unpaired) electrons. The highest BCUT2D eigenvalue weighted by Gasteiger charge is 2.34. The van der Waals surface area contributed by atoms with Gasteiger partial charge in [0.25, 0.3) is 0 Å². The van der Waals surface area contributed by atoms with Crippen LogP contribution < -0.4 is 10.2 Å². The van der Waals surface area contributed by atoms with Crippen LogP contribution in [0.15, 0.2) is 24.3 Å². The molecule has 0 atom stereocenters. The van der Waals surface area contributed by atoms with Crippen LogP contribution in [0.5, 0.6) is 0 Å². The zero-order chi connectivity index (χ0) is 20.3. The highest BCUT2D eigenvalue weighted by Crippen LogP contribution is 2.31. The third-order valence-electron chi connectivity index (χ3n) is 5.73. The van der Waals surface area contributed by atoms with Crippen molar-refractivity contribution in [3.63, 3.8) is 0 Å². The lowest BCUT2D eigenvalue weighted by molar-refractivity contribution is -0.138. The van der Waals surface area contributed by atoms with Crippen LogP contribution >= 0.6 is 0 Å². The van der Waals surface area contributed by atoms with Crippen LogP contribution in [0.4, 0.5) is 10.1 Å². The molecule has 1 aliphatic carbocycles. The molecular weight excluding hydrogens is 357 g/mol. The summed E-state index contributed by atoms with van der Waals surface area (Å²) in [6.45, 7) is 8.50. The van der Waals surface area contributed by atoms with Crippen molar-refractivity contribution in [1.29, 1.82) is 0 Å². The average Bonchev–Trinajstić information content (AvgIpc) is 2.67. The summed E-state index contributed by atoms with van der Waals surface area (Å²) in [5, 5.41) is 3.05. The van der Waals surface area contributed by atoms with Crippen LogP contribution in [0, 0.1) is 17.7 Å². The van der Waals surface area contributed by atoms with Crippen molar-refractivity contribution in [3.8, 4) is 0 Å². The van der Waals surface area contributed by atoms with E-state index < -0.39 is 0 Å². The van der Waals surface area contributed by atoms with Gasteiger partial charge in [-0.15, -0.1) is 0 Å². The van der Waals surface area contributed by atoms with Gasteiger partial charge in [0.15, 0.2) is 0 Å². The second-order valence-corrected chi connectivity index (χ2v) is 9.05. The highest BCUT2D eigenvalue weighted by molar-refractivity contribution is 5.81. The van der Waals surface area contributed by atoms with Gasteiger partial charge in [0.2, 0.25) is 11.8 Å². The van der Waals surface area contributed by atoms with Gasteiger partial charge in [0.1, 0.15) is 5.82 Å². The fraction of sp³-hybridized carbons (Fsp3) is 0.636. The van der Waals surface area contributed by atoms with Gasteiger partial charge in [-0.2, -0.15) is 0 Å². The number of anilines is 1. The van der Waals surface area contributed by atoms with Crippen molar-refractivity contribution in [3.05, 3.63) is 30.1 Å². The Labute approximate surface area is 167 Å². The predicted molar refractivity (Wildman–Crippen MR) is 109 cm³/mol. The molecule has 0 unspecified atom stereocenters. The first-order valence-electron chi connectivity index (χ1n) is 10.3. The number of halogens is 1. The van der Waals surface area contributed by atoms with E-state index in [0.717, 1.165) is 25.7 Å². The number of rotatable bonds is 3. The van der Waals surface area contributed by atoms with E-state index in [1.807, 2.05) is 36.6 Å². The Morgan fingerprint density at radius 3 is 2.11 bits per heavy atom. The highest BCUT2D eigenvalue weighted by atomic mass is 19.1. The second-order valence-electron chi connectivity index (χ2n) is 9.05. The summed E-state index contributed by atoms with van der Waals surface area (Å²) in [6, 6.07) is 6.79. The van der Waals surface area contributed by atoms with Gasteiger partial charge in [-0.1, -0.05) is 12.1 Å². The van der Waals surface area contributed by atoms with Crippen LogP contribution in [0.1, 0.15) is 46.5 Å². The molecule has 1 aliphatic heterocycles. The maximum atomic E-state index is 14.0. The molecule has 0 bridgehead atoms. The van der Waals surface area contributed by atoms with E-state index in [-0.39, 0.29) is 35.0 Å². The zero-order valence-electron chi connectivity index (χ0n) is 17.2. The number of para-hydroxylation sites is 1. The Morgan fingerprint density at radius 2 is 1.54 bits per heavy atom. The lowest BCUT2D eigenvalue weighted by Crippen LogP contribution is -2.51. The SMILES string of the molecule is CC(C)(C)NC(=O)C1CCC(C(=O)N2CCN(c3ccccc3F)CC2)CC1. The van der Waals surface area contributed by atoms with Crippen molar-refractivity contribution in [2.45, 2.75) is 52.0 Å². The number of carbonyl (C=O) groups is 2. The van der Waals surface area contributed by atoms with E-state index >= 15 is 0 Å². The van der Waals surface area contributed by atoms with Gasteiger partial charge in [0.05, 0.1) is 5.69 Å². The number of amides is 2. The van der Waals surface area contributed by atoms with Gasteiger partial charge in [-0.05, 0) is 58.6 Å². The van der Waals surface area contributed by atoms with Crippen LogP contribution in [0.25, 0.3) is 0 Å². The van der Waals surface area contributed by atoms with E-state index in [0.29, 0.717) is 31.9 Å². The van der Waals surface area contributed by atoms with Crippen LogP contribution in [0.3, 0.4) is 0 Å². The fourth-order valence-corrected chi connectivity index (χ4v) is 4.21. The van der Waals surface area contributed by atoms with E-state index in [4.69, 9.17) is 0 Å². The van der Waals surface area contributed by atoms with E-state index in [2.05, 4.69) is 5.32 Å². The summed E-state index contributed by atoms with van der Waals surface area (Å²) in [5.41, 5.74) is 0.391. The van der Waals surface area contributed by atoms with Crippen LogP contribution in [0.2, 0.25) is 0 Å². The van der Waals surface area contributed by atoms with E-state index in [1.165, 1.54) is 6.07 Å². The summed E-state index contributed by atoms with van der Waals surface area (Å²) in [7, 11) is 0. The molecule has 154 valence electrons. The molecule has 0 aromatic heterocycles. The molecule has 1 N–H and O–H groups in total. The zero-order valence-corrected chi connectivity index (χ0v) is 17.2. The first kappa shape index (κ1) is 20.6. The normalized spacial score (nSPS) is 23.4. The molecule has 2 amide bonds. The molecule has 3 rings (SSSR count). The standard InChI is InChI=1S/C22H32FN3O2/c1-22(2,3)24-20(27)16-8-10-17(11-9-16)21(28)26-14-12-25(13-15-26)19-7-5-4-6-18(19)23/h4-7,16-17H,8-15H2,1-3H3,(H,24,27). The molecule has 1 aromatic carbocycles. The summed E-state index contributed by atoms with van der Waals surface area (Å²) in [4.78, 5) is 29.2. The second kappa shape index (κ2) is 8.50. The van der Waals surface area contributed by atoms with Gasteiger partial charge in [-0.25, -0.2) is 4.39 Å². The topological polar surface area (TPSA) is 52.7 Å². The third-order valence-corrected chi connectivity index (χ3v) is 5.73. The van der Waals surface area contributed by atoms with Crippen LogP contribution in [-0.2, 0) is 9.59 Å². The number of carbonyl (C=O) groups excluding carboxylic acids is 2. The van der Waals surface area contributed by atoms with Gasteiger partial charge in [0, 0.05) is 43.6 Å². The fourth-order valence-electron chi connectivity index (χ4n) is 4.21. The van der Waals surface area contributed by atoms with Crippen molar-refractivity contribution in [2.24, 2.45) is 11.8 Å². The maximum absolute atomic E-state index is 14.0. The van der Waals surface area contributed by atoms with Crippen molar-refractivity contribution in [2.75, 3.05) is 31.1 Å². The van der Waals surface area contributed by atoms with Crippen LogP contribution in [-0.4, -0.2) is 48.4 Å². The summed E-state index contributed by atoms with van der Waals surface area (Å²) >= 11 is 0. The van der Waals surface area contributed by atoms with E-state index in [9.17, 15) is 14.0 Å². The molecule has 1 saturated heterocycles. The molecule has 2 aliphatic rings. The molecule has 28 heavy (non-hydrogen) atoms. The van der Waals surface area contributed by atoms with Gasteiger partial charge >= 0.3 is 0 Å². The largest absolute Gasteiger partial charge is 0.366 e. The van der Waals surface area contributed by atoms with Gasteiger partial charge < -0.3 is 15.1 Å². The van der Waals surface area contributed by atoms with E-state index in [1.54, 1.807) is 12.1 Å². The Kier molecular flexibility index (Phi) is 6.26. The number of nitrogens with zero attached hydrogens (tertiary/aromatic N) is 2. The lowest BCUT2D eigenvalue weighted by atomic mass is 9.80. The first-order chi connectivity index (χ1) is 13.2. The molecular formula is C22H32FN3O2. The number of benzene rings is 1. The summed E-state index contributed by atoms with van der Waals surface area (Å²) in [6.07, 6.45) is 3.09. The molecule has 1 heterocycles. The maximum Gasteiger partial charge on any atom is 0.225 e. The average molecular weight is 390 g/mol. The molecule has 0 spiro atoms. The minimum atomic E-state index is -0.221. The number of piperazine rings is 1. The Balaban J connectivity index is 1.47. The Bertz CT molecular complexity index is 700. The number of hydrogen-bond acceptors (Lipinski definition) is 3. The summed E-state index contributed by atoms with van der Waals surface area (Å²) in [5.74, 6) is 0.119. The minimum absolute atomic E-state index is 0.0127. The summed E-state index contributed by atoms with van der Waals surface area (Å²) < 4.78 is 14.0. The molecule has 6 heteroatoms. The van der Waals surface area contributed by atoms with Crippen molar-refractivity contribution >= 4 is 17.5 Å². The van der Waals surface area contributed by atoms with Crippen molar-refractivity contribution in [1.82, 2.24) is 10.2 Å². The Morgan fingerprint density at radius 1 is 0.964 bits per heavy atom. The first-order valence-corrected chi connectivity index (χ1v) is 10.3. The smallest absolute Gasteiger partial charge is 0.225 e. The molecule has 5 nitrogen and oxygen atoms in total. The number of nitrogens with one attached hydrogen (secondary N) is 1. The monoisotopic (exact) mass is 389 g/mol. The molecule has 1 saturated carbocycles. The lowest BCUT2D eigenvalue weighted by Gasteiger charge is -2.39. The predicted octanol–water partition coefficient (Wildman–Crippen LogP) is 3.20.